The lowest BCUT2D eigenvalue weighted by atomic mass is 10.1. The summed E-state index contributed by atoms with van der Waals surface area (Å²) >= 11 is 0. The molecular weight excluding hydrogens is 242 g/mol. The molecule has 0 bridgehead atoms. The van der Waals surface area contributed by atoms with E-state index in [1.165, 1.54) is 12.8 Å². The molecule has 0 radical (unpaired) electrons. The van der Waals surface area contributed by atoms with Crippen molar-refractivity contribution in [2.45, 2.75) is 38.8 Å². The summed E-state index contributed by atoms with van der Waals surface area (Å²) in [5, 5.41) is 9.08. The fourth-order valence-corrected chi connectivity index (χ4v) is 2.37. The molecule has 4 nitrogen and oxygen atoms in total. The van der Waals surface area contributed by atoms with E-state index in [1.54, 1.807) is 25.3 Å². The average Bonchev–Trinajstić information content (AvgIpc) is 3.22. The van der Waals surface area contributed by atoms with E-state index < -0.39 is 5.97 Å². The zero-order chi connectivity index (χ0) is 13.8. The summed E-state index contributed by atoms with van der Waals surface area (Å²) in [7, 11) is 1.63. The highest BCUT2D eigenvalue weighted by Gasteiger charge is 2.28. The lowest BCUT2D eigenvalue weighted by Crippen LogP contribution is -2.26. The predicted molar refractivity (Wildman–Crippen MR) is 73.7 cm³/mol. The first-order valence-electron chi connectivity index (χ1n) is 6.80. The maximum Gasteiger partial charge on any atom is 0.335 e. The molecule has 1 aliphatic rings. The van der Waals surface area contributed by atoms with Crippen LogP contribution in [0.15, 0.2) is 18.2 Å². The Bertz CT molecular complexity index is 455. The van der Waals surface area contributed by atoms with Crippen molar-refractivity contribution in [3.05, 3.63) is 29.3 Å². The van der Waals surface area contributed by atoms with Gasteiger partial charge in [0.05, 0.1) is 12.7 Å². The number of nitrogens with zero attached hydrogens (tertiary/aromatic N) is 1. The van der Waals surface area contributed by atoms with Gasteiger partial charge in [0.1, 0.15) is 5.75 Å². The molecule has 0 atom stereocenters. The molecule has 0 unspecified atom stereocenters. The zero-order valence-corrected chi connectivity index (χ0v) is 11.6. The smallest absolute Gasteiger partial charge is 0.335 e. The normalized spacial score (nSPS) is 14.7. The molecule has 1 fully saturated rings. The minimum absolute atomic E-state index is 0.322. The molecule has 0 aromatic heterocycles. The molecule has 4 heteroatoms. The lowest BCUT2D eigenvalue weighted by Gasteiger charge is -2.22. The fraction of sp³-hybridized carbons (Fsp3) is 0.533. The quantitative estimate of drug-likeness (QED) is 0.821. The molecule has 0 aliphatic heterocycles. The van der Waals surface area contributed by atoms with Crippen LogP contribution in [0.1, 0.15) is 42.1 Å². The summed E-state index contributed by atoms with van der Waals surface area (Å²) < 4.78 is 5.34. The SMILES string of the molecule is CCCN(Cc1cc(C(=O)O)ccc1OC)C1CC1. The van der Waals surface area contributed by atoms with Gasteiger partial charge in [-0.15, -0.1) is 0 Å². The van der Waals surface area contributed by atoms with Gasteiger partial charge in [0, 0.05) is 18.2 Å². The summed E-state index contributed by atoms with van der Waals surface area (Å²) in [5.41, 5.74) is 1.28. The van der Waals surface area contributed by atoms with Gasteiger partial charge in [-0.25, -0.2) is 4.79 Å². The molecule has 1 aliphatic carbocycles. The number of hydrogen-bond donors (Lipinski definition) is 1. The van der Waals surface area contributed by atoms with Gasteiger partial charge >= 0.3 is 5.97 Å². The van der Waals surface area contributed by atoms with Crippen molar-refractivity contribution in [1.82, 2.24) is 4.90 Å². The van der Waals surface area contributed by atoms with Gasteiger partial charge < -0.3 is 9.84 Å². The van der Waals surface area contributed by atoms with E-state index in [-0.39, 0.29) is 0 Å². The van der Waals surface area contributed by atoms with Gasteiger partial charge in [-0.05, 0) is 44.0 Å². The van der Waals surface area contributed by atoms with Crippen LogP contribution in [0.2, 0.25) is 0 Å². The van der Waals surface area contributed by atoms with Gasteiger partial charge in [0.25, 0.3) is 0 Å². The van der Waals surface area contributed by atoms with Crippen molar-refractivity contribution in [2.75, 3.05) is 13.7 Å². The van der Waals surface area contributed by atoms with E-state index >= 15 is 0 Å². The molecule has 1 N–H and O–H groups in total. The van der Waals surface area contributed by atoms with E-state index in [9.17, 15) is 4.79 Å². The molecule has 1 saturated carbocycles. The van der Waals surface area contributed by atoms with Crippen LogP contribution in [-0.4, -0.2) is 35.7 Å². The van der Waals surface area contributed by atoms with Crippen molar-refractivity contribution < 1.29 is 14.6 Å². The number of rotatable bonds is 7. The maximum atomic E-state index is 11.1. The van der Waals surface area contributed by atoms with Crippen LogP contribution in [-0.2, 0) is 6.54 Å². The van der Waals surface area contributed by atoms with Crippen LogP contribution >= 0.6 is 0 Å². The predicted octanol–water partition coefficient (Wildman–Crippen LogP) is 2.77. The summed E-state index contributed by atoms with van der Waals surface area (Å²) in [5.74, 6) is -0.121. The maximum absolute atomic E-state index is 11.1. The Morgan fingerprint density at radius 1 is 1.47 bits per heavy atom. The van der Waals surface area contributed by atoms with Gasteiger partial charge in [-0.3, -0.25) is 4.90 Å². The molecule has 0 spiro atoms. The lowest BCUT2D eigenvalue weighted by molar-refractivity contribution is 0.0696. The highest BCUT2D eigenvalue weighted by molar-refractivity contribution is 5.88. The summed E-state index contributed by atoms with van der Waals surface area (Å²) in [6, 6.07) is 5.73. The Morgan fingerprint density at radius 3 is 2.74 bits per heavy atom. The Morgan fingerprint density at radius 2 is 2.21 bits per heavy atom. The molecule has 1 aromatic rings. The molecule has 0 amide bonds. The third kappa shape index (κ3) is 3.47. The van der Waals surface area contributed by atoms with Gasteiger partial charge in [-0.1, -0.05) is 6.92 Å². The number of carboxylic acid groups (broad SMARTS) is 1. The minimum Gasteiger partial charge on any atom is -0.496 e. The first-order valence-corrected chi connectivity index (χ1v) is 6.80. The van der Waals surface area contributed by atoms with Crippen molar-refractivity contribution in [3.8, 4) is 5.75 Å². The number of carboxylic acids is 1. The van der Waals surface area contributed by atoms with Crippen molar-refractivity contribution in [1.29, 1.82) is 0 Å². The second-order valence-corrected chi connectivity index (χ2v) is 5.03. The van der Waals surface area contributed by atoms with Crippen LogP contribution in [0.5, 0.6) is 5.75 Å². The molecule has 104 valence electrons. The number of methoxy groups -OCH3 is 1. The van der Waals surface area contributed by atoms with E-state index in [2.05, 4.69) is 11.8 Å². The first-order chi connectivity index (χ1) is 9.15. The second-order valence-electron chi connectivity index (χ2n) is 5.03. The van der Waals surface area contributed by atoms with Crippen molar-refractivity contribution in [3.63, 3.8) is 0 Å². The molecule has 0 heterocycles. The van der Waals surface area contributed by atoms with Gasteiger partial charge in [0.2, 0.25) is 0 Å². The Kier molecular flexibility index (Phi) is 4.43. The molecule has 2 rings (SSSR count). The Labute approximate surface area is 114 Å². The largest absolute Gasteiger partial charge is 0.496 e. The zero-order valence-electron chi connectivity index (χ0n) is 11.6. The number of aromatic carboxylic acids is 1. The third-order valence-electron chi connectivity index (χ3n) is 3.47. The minimum atomic E-state index is -0.891. The van der Waals surface area contributed by atoms with Crippen LogP contribution in [0.25, 0.3) is 0 Å². The van der Waals surface area contributed by atoms with Crippen molar-refractivity contribution in [2.24, 2.45) is 0 Å². The Balaban J connectivity index is 2.20. The van der Waals surface area contributed by atoms with Crippen molar-refractivity contribution >= 4 is 5.97 Å². The average molecular weight is 263 g/mol. The summed E-state index contributed by atoms with van der Waals surface area (Å²) in [6.45, 7) is 3.98. The molecule has 0 saturated heterocycles. The van der Waals surface area contributed by atoms with Gasteiger partial charge in [0.15, 0.2) is 0 Å². The second kappa shape index (κ2) is 6.06. The number of carbonyl (C=O) groups is 1. The number of hydrogen-bond acceptors (Lipinski definition) is 3. The summed E-state index contributed by atoms with van der Waals surface area (Å²) in [6.07, 6.45) is 3.61. The fourth-order valence-electron chi connectivity index (χ4n) is 2.37. The van der Waals surface area contributed by atoms with E-state index in [4.69, 9.17) is 9.84 Å². The highest BCUT2D eigenvalue weighted by Crippen LogP contribution is 2.30. The van der Waals surface area contributed by atoms with Gasteiger partial charge in [-0.2, -0.15) is 0 Å². The molecule has 19 heavy (non-hydrogen) atoms. The topological polar surface area (TPSA) is 49.8 Å². The number of ether oxygens (including phenoxy) is 1. The van der Waals surface area contributed by atoms with E-state index in [0.717, 1.165) is 30.8 Å². The monoisotopic (exact) mass is 263 g/mol. The van der Waals surface area contributed by atoms with Crippen LogP contribution < -0.4 is 4.74 Å². The van der Waals surface area contributed by atoms with Crippen LogP contribution in [0, 0.1) is 0 Å². The summed E-state index contributed by atoms with van der Waals surface area (Å²) in [4.78, 5) is 13.5. The third-order valence-corrected chi connectivity index (χ3v) is 3.47. The first kappa shape index (κ1) is 13.9. The van der Waals surface area contributed by atoms with Crippen LogP contribution in [0.4, 0.5) is 0 Å². The van der Waals surface area contributed by atoms with Crippen LogP contribution in [0.3, 0.4) is 0 Å². The molecular formula is C15H21NO3. The number of benzene rings is 1. The Hall–Kier alpha value is -1.55. The highest BCUT2D eigenvalue weighted by atomic mass is 16.5. The van der Waals surface area contributed by atoms with E-state index in [1.807, 2.05) is 0 Å². The van der Waals surface area contributed by atoms with E-state index in [0.29, 0.717) is 11.6 Å². The standard InChI is InChI=1S/C15H21NO3/c1-3-8-16(13-5-6-13)10-12-9-11(15(17)18)4-7-14(12)19-2/h4,7,9,13H,3,5-6,8,10H2,1-2H3,(H,17,18). The molecule has 1 aromatic carbocycles.